The van der Waals surface area contributed by atoms with Crippen LogP contribution in [-0.4, -0.2) is 24.5 Å². The van der Waals surface area contributed by atoms with Crippen LogP contribution in [0.15, 0.2) is 0 Å². The Balaban J connectivity index is 3.41. The average molecular weight is 186 g/mol. The zero-order chi connectivity index (χ0) is 10.3. The van der Waals surface area contributed by atoms with Gasteiger partial charge in [0.05, 0.1) is 6.54 Å². The Bertz CT molecular complexity index is 149. The van der Waals surface area contributed by atoms with Crippen LogP contribution in [0.3, 0.4) is 0 Å². The summed E-state index contributed by atoms with van der Waals surface area (Å²) in [5, 5.41) is 5.99. The lowest BCUT2D eigenvalue weighted by molar-refractivity contribution is -0.120. The van der Waals surface area contributed by atoms with E-state index in [1.807, 2.05) is 20.8 Å². The third-order valence-corrected chi connectivity index (χ3v) is 1.63. The molecule has 0 aromatic rings. The Morgan fingerprint density at radius 3 is 2.38 bits per heavy atom. The third kappa shape index (κ3) is 9.34. The maximum atomic E-state index is 11.2. The number of hydrogen-bond donors (Lipinski definition) is 2. The number of carbonyl (C=O) groups excluding carboxylic acids is 1. The van der Waals surface area contributed by atoms with Crippen LogP contribution < -0.4 is 10.6 Å². The fourth-order valence-electron chi connectivity index (χ4n) is 0.813. The minimum Gasteiger partial charge on any atom is -0.355 e. The van der Waals surface area contributed by atoms with Gasteiger partial charge in [0.1, 0.15) is 0 Å². The van der Waals surface area contributed by atoms with E-state index in [0.717, 1.165) is 19.4 Å². The highest BCUT2D eigenvalue weighted by molar-refractivity contribution is 5.78. The quantitative estimate of drug-likeness (QED) is 0.635. The zero-order valence-electron chi connectivity index (χ0n) is 9.24. The van der Waals surface area contributed by atoms with Crippen molar-refractivity contribution in [3.63, 3.8) is 0 Å². The normalized spacial score (nSPS) is 11.4. The van der Waals surface area contributed by atoms with Gasteiger partial charge in [-0.05, 0) is 27.2 Å². The number of hydrogen-bond acceptors (Lipinski definition) is 2. The van der Waals surface area contributed by atoms with E-state index >= 15 is 0 Å². The van der Waals surface area contributed by atoms with Crippen molar-refractivity contribution in [3.8, 4) is 0 Å². The van der Waals surface area contributed by atoms with Crippen LogP contribution in [0.5, 0.6) is 0 Å². The molecule has 0 saturated heterocycles. The minimum absolute atomic E-state index is 0.0160. The summed E-state index contributed by atoms with van der Waals surface area (Å²) in [6.45, 7) is 9.46. The molecule has 0 aromatic heterocycles. The van der Waals surface area contributed by atoms with Gasteiger partial charge in [-0.3, -0.25) is 4.79 Å². The van der Waals surface area contributed by atoms with E-state index in [0.29, 0.717) is 6.54 Å². The molecule has 3 nitrogen and oxygen atoms in total. The van der Waals surface area contributed by atoms with Crippen molar-refractivity contribution in [2.24, 2.45) is 0 Å². The topological polar surface area (TPSA) is 41.1 Å². The molecule has 0 saturated carbocycles. The van der Waals surface area contributed by atoms with Crippen molar-refractivity contribution < 1.29 is 4.79 Å². The van der Waals surface area contributed by atoms with Gasteiger partial charge in [-0.2, -0.15) is 0 Å². The first kappa shape index (κ1) is 12.4. The lowest BCUT2D eigenvalue weighted by atomic mass is 10.1. The second-order valence-electron chi connectivity index (χ2n) is 4.31. The van der Waals surface area contributed by atoms with E-state index in [1.54, 1.807) is 0 Å². The van der Waals surface area contributed by atoms with E-state index in [1.165, 1.54) is 0 Å². The van der Waals surface area contributed by atoms with E-state index in [4.69, 9.17) is 0 Å². The second-order valence-corrected chi connectivity index (χ2v) is 4.31. The van der Waals surface area contributed by atoms with Crippen molar-refractivity contribution in [2.75, 3.05) is 13.1 Å². The molecule has 0 aliphatic heterocycles. The molecule has 0 unspecified atom stereocenters. The molecule has 0 aliphatic carbocycles. The van der Waals surface area contributed by atoms with Crippen molar-refractivity contribution in [3.05, 3.63) is 0 Å². The monoisotopic (exact) mass is 186 g/mol. The predicted octanol–water partition coefficient (Wildman–Crippen LogP) is 1.29. The standard InChI is InChI=1S/C10H22N2O/c1-5-6-7-11-9(13)8-12-10(2,3)4/h12H,5-8H2,1-4H3,(H,11,13). The molecular weight excluding hydrogens is 164 g/mol. The number of nitrogens with one attached hydrogen (secondary N) is 2. The second kappa shape index (κ2) is 5.97. The highest BCUT2D eigenvalue weighted by Gasteiger charge is 2.10. The van der Waals surface area contributed by atoms with Gasteiger partial charge in [-0.15, -0.1) is 0 Å². The molecule has 0 radical (unpaired) electrons. The Morgan fingerprint density at radius 2 is 1.92 bits per heavy atom. The van der Waals surface area contributed by atoms with Crippen LogP contribution in [0.25, 0.3) is 0 Å². The molecule has 3 heteroatoms. The van der Waals surface area contributed by atoms with E-state index in [-0.39, 0.29) is 11.4 Å². The van der Waals surface area contributed by atoms with Gasteiger partial charge in [0, 0.05) is 12.1 Å². The van der Waals surface area contributed by atoms with Crippen LogP contribution in [-0.2, 0) is 4.79 Å². The Hall–Kier alpha value is -0.570. The van der Waals surface area contributed by atoms with Crippen molar-refractivity contribution in [2.45, 2.75) is 46.1 Å². The third-order valence-electron chi connectivity index (χ3n) is 1.63. The molecule has 0 aliphatic rings. The maximum Gasteiger partial charge on any atom is 0.233 e. The summed E-state index contributed by atoms with van der Waals surface area (Å²) in [6, 6.07) is 0. The Kier molecular flexibility index (Phi) is 5.71. The largest absolute Gasteiger partial charge is 0.355 e. The summed E-state index contributed by atoms with van der Waals surface area (Å²) in [5.74, 6) is 0.0865. The molecule has 0 bridgehead atoms. The molecule has 13 heavy (non-hydrogen) atoms. The highest BCUT2D eigenvalue weighted by Crippen LogP contribution is 1.96. The number of rotatable bonds is 5. The number of unbranched alkanes of at least 4 members (excludes halogenated alkanes) is 1. The molecule has 0 spiro atoms. The SMILES string of the molecule is CCCCNC(=O)CNC(C)(C)C. The van der Waals surface area contributed by atoms with Crippen LogP contribution in [0.2, 0.25) is 0 Å². The molecule has 0 fully saturated rings. The first-order valence-electron chi connectivity index (χ1n) is 4.97. The van der Waals surface area contributed by atoms with Gasteiger partial charge >= 0.3 is 0 Å². The first-order valence-corrected chi connectivity index (χ1v) is 4.97. The number of carbonyl (C=O) groups is 1. The van der Waals surface area contributed by atoms with Gasteiger partial charge in [0.25, 0.3) is 0 Å². The van der Waals surface area contributed by atoms with Crippen LogP contribution in [0.1, 0.15) is 40.5 Å². The predicted molar refractivity (Wildman–Crippen MR) is 55.7 cm³/mol. The molecular formula is C10H22N2O. The van der Waals surface area contributed by atoms with Gasteiger partial charge < -0.3 is 10.6 Å². The lowest BCUT2D eigenvalue weighted by Crippen LogP contribution is -2.43. The molecule has 0 heterocycles. The van der Waals surface area contributed by atoms with E-state index in [2.05, 4.69) is 17.6 Å². The van der Waals surface area contributed by atoms with Crippen molar-refractivity contribution in [1.82, 2.24) is 10.6 Å². The van der Waals surface area contributed by atoms with Crippen molar-refractivity contribution in [1.29, 1.82) is 0 Å². The summed E-state index contributed by atoms with van der Waals surface area (Å²) in [7, 11) is 0. The van der Waals surface area contributed by atoms with Gasteiger partial charge in [0.15, 0.2) is 0 Å². The molecule has 78 valence electrons. The molecule has 0 rings (SSSR count). The summed E-state index contributed by atoms with van der Waals surface area (Å²) < 4.78 is 0. The molecule has 2 N–H and O–H groups in total. The maximum absolute atomic E-state index is 11.2. The molecule has 0 atom stereocenters. The van der Waals surface area contributed by atoms with Gasteiger partial charge in [-0.1, -0.05) is 13.3 Å². The number of amides is 1. The van der Waals surface area contributed by atoms with Gasteiger partial charge in [-0.25, -0.2) is 0 Å². The summed E-state index contributed by atoms with van der Waals surface area (Å²) in [5.41, 5.74) is 0.0160. The van der Waals surface area contributed by atoms with Crippen molar-refractivity contribution >= 4 is 5.91 Å². The molecule has 0 aromatic carbocycles. The molecule has 1 amide bonds. The summed E-state index contributed by atoms with van der Waals surface area (Å²) in [4.78, 5) is 11.2. The van der Waals surface area contributed by atoms with Crippen LogP contribution in [0, 0.1) is 0 Å². The fourth-order valence-corrected chi connectivity index (χ4v) is 0.813. The zero-order valence-corrected chi connectivity index (χ0v) is 9.24. The summed E-state index contributed by atoms with van der Waals surface area (Å²) >= 11 is 0. The minimum atomic E-state index is 0.0160. The lowest BCUT2D eigenvalue weighted by Gasteiger charge is -2.19. The average Bonchev–Trinajstić information content (AvgIpc) is 2.00. The smallest absolute Gasteiger partial charge is 0.233 e. The fraction of sp³-hybridized carbons (Fsp3) is 0.900. The Morgan fingerprint density at radius 1 is 1.31 bits per heavy atom. The highest BCUT2D eigenvalue weighted by atomic mass is 16.1. The van der Waals surface area contributed by atoms with Crippen LogP contribution >= 0.6 is 0 Å². The Labute approximate surface area is 81.3 Å². The van der Waals surface area contributed by atoms with Gasteiger partial charge in [0.2, 0.25) is 5.91 Å². The van der Waals surface area contributed by atoms with E-state index in [9.17, 15) is 4.79 Å². The van der Waals surface area contributed by atoms with E-state index < -0.39 is 0 Å². The first-order chi connectivity index (χ1) is 5.95. The van der Waals surface area contributed by atoms with Crippen LogP contribution in [0.4, 0.5) is 0 Å². The summed E-state index contributed by atoms with van der Waals surface area (Å²) in [6.07, 6.45) is 2.17.